The van der Waals surface area contributed by atoms with Gasteiger partial charge in [0.2, 0.25) is 15.9 Å². The van der Waals surface area contributed by atoms with Crippen LogP contribution in [-0.4, -0.2) is 63.9 Å². The lowest BCUT2D eigenvalue weighted by molar-refractivity contribution is -0.114. The summed E-state index contributed by atoms with van der Waals surface area (Å²) < 4.78 is 33.2. The second kappa shape index (κ2) is 10.5. The molecule has 2 aromatic carbocycles. The maximum absolute atomic E-state index is 13.2. The predicted molar refractivity (Wildman–Crippen MR) is 131 cm³/mol. The van der Waals surface area contributed by atoms with E-state index in [0.717, 1.165) is 38.0 Å². The average molecular weight is 487 g/mol. The first-order valence-corrected chi connectivity index (χ1v) is 12.9. The molecule has 2 fully saturated rings. The maximum Gasteiger partial charge on any atom is 0.255 e. The van der Waals surface area contributed by atoms with Crippen LogP contribution in [0.1, 0.15) is 36.5 Å². The van der Waals surface area contributed by atoms with E-state index in [1.807, 2.05) is 0 Å². The summed E-state index contributed by atoms with van der Waals surface area (Å²) >= 11 is 0. The number of ether oxygens (including phenoxy) is 1. The molecule has 2 N–H and O–H groups in total. The third-order valence-electron chi connectivity index (χ3n) is 5.97. The van der Waals surface area contributed by atoms with Crippen molar-refractivity contribution in [2.45, 2.75) is 31.1 Å². The van der Waals surface area contributed by atoms with Crippen LogP contribution in [0.2, 0.25) is 0 Å². The topological polar surface area (TPSA) is 108 Å². The average Bonchev–Trinajstić information content (AvgIpc) is 2.85. The quantitative estimate of drug-likeness (QED) is 0.650. The minimum atomic E-state index is -3.72. The molecule has 2 aliphatic rings. The second-order valence-electron chi connectivity index (χ2n) is 8.46. The van der Waals surface area contributed by atoms with Crippen molar-refractivity contribution >= 4 is 38.9 Å². The van der Waals surface area contributed by atoms with E-state index in [9.17, 15) is 18.0 Å². The van der Waals surface area contributed by atoms with Crippen LogP contribution in [-0.2, 0) is 19.6 Å². The number of nitrogens with one attached hydrogen (secondary N) is 2. The number of hydrogen-bond donors (Lipinski definition) is 2. The molecule has 2 aromatic rings. The molecule has 0 aromatic heterocycles. The summed E-state index contributed by atoms with van der Waals surface area (Å²) in [6.07, 6.45) is 3.23. The van der Waals surface area contributed by atoms with Gasteiger partial charge >= 0.3 is 0 Å². The van der Waals surface area contributed by atoms with Crippen molar-refractivity contribution in [2.24, 2.45) is 0 Å². The highest BCUT2D eigenvalue weighted by molar-refractivity contribution is 7.89. The minimum absolute atomic E-state index is 0.137. The number of rotatable bonds is 6. The number of carbonyl (C=O) groups excluding carboxylic acids is 2. The highest BCUT2D eigenvalue weighted by Crippen LogP contribution is 2.32. The summed E-state index contributed by atoms with van der Waals surface area (Å²) in [6.45, 7) is 4.41. The Labute approximate surface area is 200 Å². The van der Waals surface area contributed by atoms with Gasteiger partial charge < -0.3 is 20.3 Å². The van der Waals surface area contributed by atoms with Crippen LogP contribution >= 0.6 is 0 Å². The minimum Gasteiger partial charge on any atom is -0.379 e. The Hall–Kier alpha value is -2.95. The Morgan fingerprint density at radius 3 is 2.35 bits per heavy atom. The van der Waals surface area contributed by atoms with Crippen molar-refractivity contribution in [3.05, 3.63) is 48.0 Å². The molecule has 182 valence electrons. The van der Waals surface area contributed by atoms with Gasteiger partial charge in [0, 0.05) is 44.4 Å². The molecular weight excluding hydrogens is 456 g/mol. The third-order valence-corrected chi connectivity index (χ3v) is 7.86. The van der Waals surface area contributed by atoms with Crippen molar-refractivity contribution in [2.75, 3.05) is 54.9 Å². The lowest BCUT2D eigenvalue weighted by Gasteiger charge is -2.31. The SMILES string of the molecule is CC(=O)Nc1cccc(C(=O)Nc2cc(S(=O)(=O)N3CCOCC3)ccc2N2CCCCC2)c1. The van der Waals surface area contributed by atoms with Gasteiger partial charge in [0.25, 0.3) is 5.91 Å². The Balaban J connectivity index is 1.66. The predicted octanol–water partition coefficient (Wildman–Crippen LogP) is 2.91. The molecular formula is C24H30N4O5S. The van der Waals surface area contributed by atoms with Crippen LogP contribution in [0.3, 0.4) is 0 Å². The monoisotopic (exact) mass is 486 g/mol. The fourth-order valence-electron chi connectivity index (χ4n) is 4.26. The van der Waals surface area contributed by atoms with Crippen LogP contribution < -0.4 is 15.5 Å². The molecule has 0 bridgehead atoms. The van der Waals surface area contributed by atoms with Crippen molar-refractivity contribution < 1.29 is 22.7 Å². The summed E-state index contributed by atoms with van der Waals surface area (Å²) in [5.41, 5.74) is 2.12. The van der Waals surface area contributed by atoms with E-state index in [-0.39, 0.29) is 16.7 Å². The molecule has 0 radical (unpaired) electrons. The fraction of sp³-hybridized carbons (Fsp3) is 0.417. The standard InChI is InChI=1S/C24H30N4O5S/c1-18(29)25-20-7-5-6-19(16-20)24(30)26-22-17-21(34(31,32)28-12-14-33-15-13-28)8-9-23(22)27-10-3-2-4-11-27/h5-9,16-17H,2-4,10-15H2,1H3,(H,25,29)(H,26,30). The van der Waals surface area contributed by atoms with Gasteiger partial charge in [-0.3, -0.25) is 9.59 Å². The van der Waals surface area contributed by atoms with Crippen LogP contribution in [0.25, 0.3) is 0 Å². The van der Waals surface area contributed by atoms with Crippen LogP contribution in [0.4, 0.5) is 17.1 Å². The Morgan fingerprint density at radius 1 is 0.912 bits per heavy atom. The number of amides is 2. The Kier molecular flexibility index (Phi) is 7.50. The van der Waals surface area contributed by atoms with Crippen molar-refractivity contribution in [3.8, 4) is 0 Å². The number of benzene rings is 2. The molecule has 2 aliphatic heterocycles. The summed E-state index contributed by atoms with van der Waals surface area (Å²) in [4.78, 5) is 26.8. The molecule has 0 atom stereocenters. The summed E-state index contributed by atoms with van der Waals surface area (Å²) in [5.74, 6) is -0.614. The summed E-state index contributed by atoms with van der Waals surface area (Å²) in [6, 6.07) is 11.6. The smallest absolute Gasteiger partial charge is 0.255 e. The number of anilines is 3. The fourth-order valence-corrected chi connectivity index (χ4v) is 5.69. The van der Waals surface area contributed by atoms with Crippen molar-refractivity contribution in [1.29, 1.82) is 0 Å². The molecule has 0 aliphatic carbocycles. The Morgan fingerprint density at radius 2 is 1.65 bits per heavy atom. The van der Waals surface area contributed by atoms with Crippen LogP contribution in [0.15, 0.2) is 47.4 Å². The number of hydrogen-bond acceptors (Lipinski definition) is 6. The highest BCUT2D eigenvalue weighted by atomic mass is 32.2. The third kappa shape index (κ3) is 5.57. The van der Waals surface area contributed by atoms with Gasteiger partial charge in [0.1, 0.15) is 0 Å². The molecule has 0 saturated carbocycles. The molecule has 4 rings (SSSR count). The van der Waals surface area contributed by atoms with Gasteiger partial charge in [-0.2, -0.15) is 4.31 Å². The lowest BCUT2D eigenvalue weighted by atomic mass is 10.1. The van der Waals surface area contributed by atoms with E-state index in [0.29, 0.717) is 43.2 Å². The van der Waals surface area contributed by atoms with Gasteiger partial charge in [0.05, 0.1) is 29.5 Å². The first kappa shape index (κ1) is 24.2. The number of piperidine rings is 1. The zero-order chi connectivity index (χ0) is 24.1. The van der Waals surface area contributed by atoms with Gasteiger partial charge in [-0.15, -0.1) is 0 Å². The molecule has 0 spiro atoms. The van der Waals surface area contributed by atoms with Gasteiger partial charge in [-0.25, -0.2) is 8.42 Å². The molecule has 0 unspecified atom stereocenters. The molecule has 34 heavy (non-hydrogen) atoms. The van der Waals surface area contributed by atoms with Crippen LogP contribution in [0, 0.1) is 0 Å². The zero-order valence-electron chi connectivity index (χ0n) is 19.2. The first-order chi connectivity index (χ1) is 16.3. The van der Waals surface area contributed by atoms with Gasteiger partial charge in [0.15, 0.2) is 0 Å². The summed E-state index contributed by atoms with van der Waals surface area (Å²) in [5, 5.41) is 5.59. The van der Waals surface area contributed by atoms with E-state index in [1.165, 1.54) is 11.2 Å². The number of nitrogens with zero attached hydrogens (tertiary/aromatic N) is 2. The zero-order valence-corrected chi connectivity index (χ0v) is 20.1. The van der Waals surface area contributed by atoms with Crippen molar-refractivity contribution in [3.63, 3.8) is 0 Å². The molecule has 2 amide bonds. The number of morpholine rings is 1. The lowest BCUT2D eigenvalue weighted by Crippen LogP contribution is -2.40. The molecule has 2 saturated heterocycles. The summed E-state index contributed by atoms with van der Waals surface area (Å²) in [7, 11) is -3.72. The maximum atomic E-state index is 13.2. The normalized spacial score (nSPS) is 17.3. The van der Waals surface area contributed by atoms with E-state index in [4.69, 9.17) is 4.74 Å². The van der Waals surface area contributed by atoms with E-state index in [1.54, 1.807) is 42.5 Å². The largest absolute Gasteiger partial charge is 0.379 e. The molecule has 10 heteroatoms. The number of carbonyl (C=O) groups is 2. The number of sulfonamides is 1. The van der Waals surface area contributed by atoms with E-state index in [2.05, 4.69) is 15.5 Å². The van der Waals surface area contributed by atoms with E-state index >= 15 is 0 Å². The molecule has 9 nitrogen and oxygen atoms in total. The second-order valence-corrected chi connectivity index (χ2v) is 10.4. The van der Waals surface area contributed by atoms with Gasteiger partial charge in [-0.1, -0.05) is 6.07 Å². The van der Waals surface area contributed by atoms with Crippen LogP contribution in [0.5, 0.6) is 0 Å². The van der Waals surface area contributed by atoms with Crippen molar-refractivity contribution in [1.82, 2.24) is 4.31 Å². The van der Waals surface area contributed by atoms with Gasteiger partial charge in [-0.05, 0) is 55.7 Å². The van der Waals surface area contributed by atoms with E-state index < -0.39 is 10.0 Å². The first-order valence-electron chi connectivity index (χ1n) is 11.5. The Bertz CT molecular complexity index is 1160. The molecule has 2 heterocycles. The highest BCUT2D eigenvalue weighted by Gasteiger charge is 2.28.